The quantitative estimate of drug-likeness (QED) is 0.593. The molecule has 7 nitrogen and oxygen atoms in total. The van der Waals surface area contributed by atoms with Gasteiger partial charge in [0.25, 0.3) is 10.0 Å². The molecule has 0 N–H and O–H groups in total. The van der Waals surface area contributed by atoms with Crippen LogP contribution >= 0.6 is 11.3 Å². The smallest absolute Gasteiger partial charge is 0.252 e. The summed E-state index contributed by atoms with van der Waals surface area (Å²) >= 11 is 1.22. The Labute approximate surface area is 180 Å². The van der Waals surface area contributed by atoms with Gasteiger partial charge in [-0.15, -0.1) is 11.3 Å². The van der Waals surface area contributed by atoms with Crippen molar-refractivity contribution >= 4 is 27.0 Å². The van der Waals surface area contributed by atoms with E-state index in [0.717, 1.165) is 18.5 Å². The summed E-state index contributed by atoms with van der Waals surface area (Å²) in [4.78, 5) is 6.75. The number of sulfonamides is 1. The number of aromatic nitrogens is 2. The Kier molecular flexibility index (Phi) is 5.34. The molecule has 5 rings (SSSR count). The van der Waals surface area contributed by atoms with Gasteiger partial charge in [-0.2, -0.15) is 9.29 Å². The molecule has 1 aromatic carbocycles. The van der Waals surface area contributed by atoms with Crippen molar-refractivity contribution in [2.45, 2.75) is 35.8 Å². The second-order valence-electron chi connectivity index (χ2n) is 7.82. The molecule has 1 saturated heterocycles. The van der Waals surface area contributed by atoms with Gasteiger partial charge in [-0.05, 0) is 31.0 Å². The van der Waals surface area contributed by atoms with Gasteiger partial charge in [-0.1, -0.05) is 36.2 Å². The zero-order valence-electron chi connectivity index (χ0n) is 16.6. The third-order valence-electron chi connectivity index (χ3n) is 5.93. The molecule has 0 atom stereocenters. The summed E-state index contributed by atoms with van der Waals surface area (Å²) < 4.78 is 33.6. The van der Waals surface area contributed by atoms with Crippen LogP contribution in [0.5, 0.6) is 0 Å². The largest absolute Gasteiger partial charge is 0.369 e. The van der Waals surface area contributed by atoms with Crippen molar-refractivity contribution in [3.8, 4) is 11.4 Å². The first-order chi connectivity index (χ1) is 14.6. The maximum absolute atomic E-state index is 13.1. The Morgan fingerprint density at radius 1 is 1.03 bits per heavy atom. The average molecular weight is 445 g/mol. The van der Waals surface area contributed by atoms with Gasteiger partial charge < -0.3 is 9.42 Å². The Morgan fingerprint density at radius 2 is 1.77 bits per heavy atom. The molecule has 0 radical (unpaired) electrons. The number of nitrogens with zero attached hydrogens (tertiary/aromatic N) is 4. The first-order valence-corrected chi connectivity index (χ1v) is 12.7. The monoisotopic (exact) mass is 444 g/mol. The van der Waals surface area contributed by atoms with Gasteiger partial charge >= 0.3 is 0 Å². The number of benzene rings is 1. The predicted octanol–water partition coefficient (Wildman–Crippen LogP) is 3.97. The van der Waals surface area contributed by atoms with Gasteiger partial charge in [-0.25, -0.2) is 8.42 Å². The SMILES string of the molecule is O=S(=O)(c1cc(-c2noc(C3CCCC3)n2)cs1)N1CCN(c2ccccc2)CC1. The van der Waals surface area contributed by atoms with Crippen molar-refractivity contribution in [3.05, 3.63) is 47.7 Å². The summed E-state index contributed by atoms with van der Waals surface area (Å²) in [7, 11) is -3.52. The van der Waals surface area contributed by atoms with Crippen LogP contribution in [0, 0.1) is 0 Å². The molecular formula is C21H24N4O3S2. The van der Waals surface area contributed by atoms with Gasteiger partial charge in [0.15, 0.2) is 0 Å². The van der Waals surface area contributed by atoms with E-state index in [1.165, 1.54) is 24.2 Å². The van der Waals surface area contributed by atoms with Gasteiger partial charge in [0.05, 0.1) is 0 Å². The minimum absolute atomic E-state index is 0.331. The van der Waals surface area contributed by atoms with Gasteiger partial charge in [0.2, 0.25) is 11.7 Å². The number of hydrogen-bond donors (Lipinski definition) is 0. The van der Waals surface area contributed by atoms with E-state index in [-0.39, 0.29) is 0 Å². The van der Waals surface area contributed by atoms with Crippen LogP contribution in [0.25, 0.3) is 11.4 Å². The van der Waals surface area contributed by atoms with Crippen LogP contribution in [-0.2, 0) is 10.0 Å². The fraction of sp³-hybridized carbons (Fsp3) is 0.429. The first kappa shape index (κ1) is 19.7. The molecule has 1 aliphatic heterocycles. The summed E-state index contributed by atoms with van der Waals surface area (Å²) in [5.74, 6) is 1.49. The molecule has 0 amide bonds. The molecule has 158 valence electrons. The Bertz CT molecular complexity index is 1100. The van der Waals surface area contributed by atoms with Crippen molar-refractivity contribution < 1.29 is 12.9 Å². The zero-order chi connectivity index (χ0) is 20.6. The van der Waals surface area contributed by atoms with Crippen LogP contribution < -0.4 is 4.90 Å². The van der Waals surface area contributed by atoms with E-state index in [1.807, 2.05) is 18.2 Å². The van der Waals surface area contributed by atoms with E-state index in [0.29, 0.717) is 53.6 Å². The van der Waals surface area contributed by atoms with Crippen molar-refractivity contribution in [3.63, 3.8) is 0 Å². The standard InChI is InChI=1S/C21H24N4O3S2/c26-30(27,25-12-10-24(11-13-25)18-8-2-1-3-9-18)19-14-17(15-29-19)20-22-21(28-23-20)16-6-4-5-7-16/h1-3,8-9,14-16H,4-7,10-13H2. The second-order valence-corrected chi connectivity index (χ2v) is 10.9. The third kappa shape index (κ3) is 3.77. The molecule has 2 aromatic heterocycles. The fourth-order valence-electron chi connectivity index (χ4n) is 4.21. The lowest BCUT2D eigenvalue weighted by Crippen LogP contribution is -2.48. The van der Waals surface area contributed by atoms with Crippen LogP contribution in [0.3, 0.4) is 0 Å². The summed E-state index contributed by atoms with van der Waals surface area (Å²) in [6, 6.07) is 11.8. The number of thiophene rings is 1. The molecule has 1 saturated carbocycles. The van der Waals surface area contributed by atoms with Gasteiger partial charge in [0, 0.05) is 48.7 Å². The lowest BCUT2D eigenvalue weighted by atomic mass is 10.1. The highest BCUT2D eigenvalue weighted by Crippen LogP contribution is 2.35. The molecule has 3 heterocycles. The topological polar surface area (TPSA) is 79.5 Å². The lowest BCUT2D eigenvalue weighted by Gasteiger charge is -2.35. The highest BCUT2D eigenvalue weighted by atomic mass is 32.2. The third-order valence-corrected chi connectivity index (χ3v) is 9.25. The second kappa shape index (κ2) is 8.13. The van der Waals surface area contributed by atoms with E-state index < -0.39 is 10.0 Å². The van der Waals surface area contributed by atoms with Gasteiger partial charge in [-0.3, -0.25) is 0 Å². The maximum atomic E-state index is 13.1. The summed E-state index contributed by atoms with van der Waals surface area (Å²) in [5.41, 5.74) is 1.83. The molecule has 2 aliphatic rings. The Morgan fingerprint density at radius 3 is 2.50 bits per heavy atom. The summed E-state index contributed by atoms with van der Waals surface area (Å²) in [6.45, 7) is 2.30. The number of piperazine rings is 1. The van der Waals surface area contributed by atoms with Crippen LogP contribution in [-0.4, -0.2) is 49.0 Å². The van der Waals surface area contributed by atoms with E-state index in [1.54, 1.807) is 15.8 Å². The summed E-state index contributed by atoms with van der Waals surface area (Å²) in [5, 5.41) is 5.89. The molecule has 0 bridgehead atoms. The molecule has 2 fully saturated rings. The van der Waals surface area contributed by atoms with Crippen LogP contribution in [0.2, 0.25) is 0 Å². The van der Waals surface area contributed by atoms with E-state index in [9.17, 15) is 8.42 Å². The highest BCUT2D eigenvalue weighted by Gasteiger charge is 2.30. The Balaban J connectivity index is 1.28. The van der Waals surface area contributed by atoms with Crippen molar-refractivity contribution in [1.82, 2.24) is 14.4 Å². The van der Waals surface area contributed by atoms with Crippen molar-refractivity contribution in [2.75, 3.05) is 31.1 Å². The zero-order valence-corrected chi connectivity index (χ0v) is 18.2. The number of hydrogen-bond acceptors (Lipinski definition) is 7. The van der Waals surface area contributed by atoms with Crippen molar-refractivity contribution in [2.24, 2.45) is 0 Å². The van der Waals surface area contributed by atoms with E-state index >= 15 is 0 Å². The molecule has 3 aromatic rings. The number of anilines is 1. The molecule has 9 heteroatoms. The molecule has 0 spiro atoms. The van der Waals surface area contributed by atoms with E-state index in [2.05, 4.69) is 27.2 Å². The molecular weight excluding hydrogens is 420 g/mol. The Hall–Kier alpha value is -2.23. The normalized spacial score (nSPS) is 18.9. The highest BCUT2D eigenvalue weighted by molar-refractivity contribution is 7.91. The predicted molar refractivity (Wildman–Crippen MR) is 116 cm³/mol. The maximum Gasteiger partial charge on any atom is 0.252 e. The van der Waals surface area contributed by atoms with Crippen LogP contribution in [0.15, 0.2) is 50.5 Å². The van der Waals surface area contributed by atoms with E-state index in [4.69, 9.17) is 4.52 Å². The minimum atomic E-state index is -3.52. The molecule has 1 aliphatic carbocycles. The molecule has 0 unspecified atom stereocenters. The first-order valence-electron chi connectivity index (χ1n) is 10.3. The van der Waals surface area contributed by atoms with Gasteiger partial charge in [0.1, 0.15) is 4.21 Å². The fourth-order valence-corrected chi connectivity index (χ4v) is 6.95. The van der Waals surface area contributed by atoms with Crippen molar-refractivity contribution in [1.29, 1.82) is 0 Å². The van der Waals surface area contributed by atoms with Crippen LogP contribution in [0.4, 0.5) is 5.69 Å². The van der Waals surface area contributed by atoms with Crippen LogP contribution in [0.1, 0.15) is 37.5 Å². The average Bonchev–Trinajstić information content (AvgIpc) is 3.55. The number of rotatable bonds is 5. The minimum Gasteiger partial charge on any atom is -0.369 e. The summed E-state index contributed by atoms with van der Waals surface area (Å²) in [6.07, 6.45) is 4.56. The lowest BCUT2D eigenvalue weighted by molar-refractivity contribution is 0.354. The molecule has 30 heavy (non-hydrogen) atoms. The number of para-hydroxylation sites is 1.